The number of ether oxygens (including phenoxy) is 1. The molecule has 2 aliphatic heterocycles. The average molecular weight is 448 g/mol. The van der Waals surface area contributed by atoms with E-state index < -0.39 is 0 Å². The fraction of sp³-hybridized carbons (Fsp3) is 0.667. The fourth-order valence-electron chi connectivity index (χ4n) is 4.72. The normalized spacial score (nSPS) is 22.4. The standard InChI is InChI=1S/C21H29N5O2S2/c27-19-18-15-5-1-2-6-16(15)30-20(18)24-17(23-19)13-25-7-9-26(10-8-25)21(29)22-12-14-4-3-11-28-14/h14H,1-13H2,(H,22,29)(H,23,24,27)/t14-/m0/s1. The van der Waals surface area contributed by atoms with E-state index in [9.17, 15) is 4.79 Å². The van der Waals surface area contributed by atoms with Crippen molar-refractivity contribution in [3.63, 3.8) is 0 Å². The second-order valence-electron chi connectivity index (χ2n) is 8.49. The Bertz CT molecular complexity index is 974. The summed E-state index contributed by atoms with van der Waals surface area (Å²) in [6, 6.07) is 0. The molecule has 2 aromatic rings. The molecule has 0 bridgehead atoms. The van der Waals surface area contributed by atoms with E-state index in [1.54, 1.807) is 11.3 Å². The van der Waals surface area contributed by atoms with Gasteiger partial charge in [0.05, 0.1) is 18.0 Å². The number of thiocarbonyl (C=S) groups is 1. The molecule has 2 saturated heterocycles. The first kappa shape index (κ1) is 20.4. The molecular weight excluding hydrogens is 418 g/mol. The Labute approximate surface area is 185 Å². The van der Waals surface area contributed by atoms with Crippen LogP contribution in [0.5, 0.6) is 0 Å². The number of rotatable bonds is 4. The number of nitrogens with zero attached hydrogens (tertiary/aromatic N) is 3. The largest absolute Gasteiger partial charge is 0.376 e. The maximum absolute atomic E-state index is 12.7. The highest BCUT2D eigenvalue weighted by Gasteiger charge is 2.23. The van der Waals surface area contributed by atoms with Crippen LogP contribution in [-0.2, 0) is 24.1 Å². The molecule has 0 unspecified atom stereocenters. The van der Waals surface area contributed by atoms with Crippen LogP contribution in [0.15, 0.2) is 4.79 Å². The van der Waals surface area contributed by atoms with Crippen LogP contribution in [0.25, 0.3) is 10.2 Å². The molecule has 5 rings (SSSR count). The zero-order valence-electron chi connectivity index (χ0n) is 17.2. The Kier molecular flexibility index (Phi) is 6.04. The van der Waals surface area contributed by atoms with Crippen molar-refractivity contribution in [3.05, 3.63) is 26.6 Å². The summed E-state index contributed by atoms with van der Waals surface area (Å²) < 4.78 is 5.66. The summed E-state index contributed by atoms with van der Waals surface area (Å²) in [5.41, 5.74) is 1.28. The minimum Gasteiger partial charge on any atom is -0.376 e. The number of nitrogens with one attached hydrogen (secondary N) is 2. The van der Waals surface area contributed by atoms with Crippen molar-refractivity contribution in [2.24, 2.45) is 0 Å². The molecule has 2 N–H and O–H groups in total. The van der Waals surface area contributed by atoms with Crippen LogP contribution in [0.1, 0.15) is 41.9 Å². The topological polar surface area (TPSA) is 73.5 Å². The molecule has 1 aliphatic carbocycles. The molecule has 0 aromatic carbocycles. The second-order valence-corrected chi connectivity index (χ2v) is 9.96. The summed E-state index contributed by atoms with van der Waals surface area (Å²) in [6.45, 7) is 5.93. The molecule has 4 heterocycles. The van der Waals surface area contributed by atoms with E-state index in [2.05, 4.69) is 20.1 Å². The fourth-order valence-corrected chi connectivity index (χ4v) is 6.27. The lowest BCUT2D eigenvalue weighted by atomic mass is 9.97. The number of thiophene rings is 1. The van der Waals surface area contributed by atoms with Gasteiger partial charge in [0.2, 0.25) is 0 Å². The minimum atomic E-state index is 0.0348. The van der Waals surface area contributed by atoms with Crippen molar-refractivity contribution in [1.29, 1.82) is 0 Å². The first-order valence-corrected chi connectivity index (χ1v) is 12.3. The summed E-state index contributed by atoms with van der Waals surface area (Å²) in [4.78, 5) is 27.5. The van der Waals surface area contributed by atoms with Gasteiger partial charge in [-0.05, 0) is 56.3 Å². The van der Waals surface area contributed by atoms with Crippen molar-refractivity contribution >= 4 is 38.9 Å². The highest BCUT2D eigenvalue weighted by atomic mass is 32.1. The van der Waals surface area contributed by atoms with Crippen LogP contribution in [0.3, 0.4) is 0 Å². The zero-order chi connectivity index (χ0) is 20.5. The quantitative estimate of drug-likeness (QED) is 0.695. The van der Waals surface area contributed by atoms with Crippen LogP contribution in [0.2, 0.25) is 0 Å². The first-order valence-electron chi connectivity index (χ1n) is 11.1. The number of hydrogen-bond donors (Lipinski definition) is 2. The Balaban J connectivity index is 1.18. The van der Waals surface area contributed by atoms with Crippen molar-refractivity contribution in [1.82, 2.24) is 25.1 Å². The highest BCUT2D eigenvalue weighted by molar-refractivity contribution is 7.80. The molecule has 3 aliphatic rings. The van der Waals surface area contributed by atoms with E-state index in [0.29, 0.717) is 12.6 Å². The van der Waals surface area contributed by atoms with E-state index in [0.717, 1.165) is 86.2 Å². The van der Waals surface area contributed by atoms with Crippen LogP contribution in [0, 0.1) is 0 Å². The van der Waals surface area contributed by atoms with E-state index in [1.807, 2.05) is 0 Å². The van der Waals surface area contributed by atoms with Gasteiger partial charge in [-0.25, -0.2) is 4.98 Å². The Morgan fingerprint density at radius 1 is 1.23 bits per heavy atom. The molecular formula is C21H29N5O2S2. The van der Waals surface area contributed by atoms with Gasteiger partial charge >= 0.3 is 0 Å². The van der Waals surface area contributed by atoms with Crippen LogP contribution >= 0.6 is 23.6 Å². The number of H-pyrrole nitrogens is 1. The van der Waals surface area contributed by atoms with E-state index >= 15 is 0 Å². The van der Waals surface area contributed by atoms with Gasteiger partial charge in [0, 0.05) is 44.2 Å². The molecule has 0 saturated carbocycles. The van der Waals surface area contributed by atoms with Crippen LogP contribution in [-0.4, -0.2) is 70.3 Å². The number of aromatic amines is 1. The van der Waals surface area contributed by atoms with Crippen molar-refractivity contribution in [3.8, 4) is 0 Å². The van der Waals surface area contributed by atoms with Gasteiger partial charge in [-0.15, -0.1) is 11.3 Å². The molecule has 2 fully saturated rings. The third-order valence-electron chi connectivity index (χ3n) is 6.41. The van der Waals surface area contributed by atoms with Crippen molar-refractivity contribution in [2.75, 3.05) is 39.3 Å². The molecule has 30 heavy (non-hydrogen) atoms. The summed E-state index contributed by atoms with van der Waals surface area (Å²) >= 11 is 7.29. The Morgan fingerprint density at radius 3 is 2.87 bits per heavy atom. The Morgan fingerprint density at radius 2 is 2.07 bits per heavy atom. The molecule has 9 heteroatoms. The van der Waals surface area contributed by atoms with Gasteiger partial charge in [-0.3, -0.25) is 9.69 Å². The van der Waals surface area contributed by atoms with Gasteiger partial charge in [0.15, 0.2) is 5.11 Å². The molecule has 0 amide bonds. The smallest absolute Gasteiger partial charge is 0.259 e. The lowest BCUT2D eigenvalue weighted by Crippen LogP contribution is -2.52. The predicted octanol–water partition coefficient (Wildman–Crippen LogP) is 2.03. The van der Waals surface area contributed by atoms with Crippen molar-refractivity contribution in [2.45, 2.75) is 51.2 Å². The average Bonchev–Trinajstić information content (AvgIpc) is 3.40. The SMILES string of the molecule is O=c1[nH]c(CN2CCN(C(=S)NC[C@@H]3CCCO3)CC2)nc2sc3c(c12)CCCC3. The first-order chi connectivity index (χ1) is 14.7. The number of aromatic nitrogens is 2. The van der Waals surface area contributed by atoms with E-state index in [1.165, 1.54) is 23.3 Å². The highest BCUT2D eigenvalue weighted by Crippen LogP contribution is 2.33. The lowest BCUT2D eigenvalue weighted by molar-refractivity contribution is 0.112. The third kappa shape index (κ3) is 4.26. The van der Waals surface area contributed by atoms with E-state index in [4.69, 9.17) is 21.9 Å². The maximum atomic E-state index is 12.7. The van der Waals surface area contributed by atoms with Gasteiger partial charge in [0.25, 0.3) is 5.56 Å². The number of aryl methyl sites for hydroxylation is 2. The summed E-state index contributed by atoms with van der Waals surface area (Å²) in [5, 5.41) is 5.03. The Hall–Kier alpha value is -1.55. The summed E-state index contributed by atoms with van der Waals surface area (Å²) in [5.74, 6) is 0.777. The molecule has 0 radical (unpaired) electrons. The summed E-state index contributed by atoms with van der Waals surface area (Å²) in [7, 11) is 0. The zero-order valence-corrected chi connectivity index (χ0v) is 18.9. The van der Waals surface area contributed by atoms with Gasteiger partial charge < -0.3 is 19.9 Å². The van der Waals surface area contributed by atoms with E-state index in [-0.39, 0.29) is 5.56 Å². The molecule has 7 nitrogen and oxygen atoms in total. The minimum absolute atomic E-state index is 0.0348. The summed E-state index contributed by atoms with van der Waals surface area (Å²) in [6.07, 6.45) is 7.06. The molecule has 2 aromatic heterocycles. The van der Waals surface area contributed by atoms with Gasteiger partial charge in [-0.2, -0.15) is 0 Å². The third-order valence-corrected chi connectivity index (χ3v) is 8.00. The second kappa shape index (κ2) is 8.90. The number of fused-ring (bicyclic) bond motifs is 3. The number of hydrogen-bond acceptors (Lipinski definition) is 6. The van der Waals surface area contributed by atoms with Gasteiger partial charge in [0.1, 0.15) is 10.7 Å². The number of piperazine rings is 1. The molecule has 1 atom stereocenters. The maximum Gasteiger partial charge on any atom is 0.259 e. The molecule has 0 spiro atoms. The predicted molar refractivity (Wildman–Crippen MR) is 123 cm³/mol. The van der Waals surface area contributed by atoms with Gasteiger partial charge in [-0.1, -0.05) is 0 Å². The molecule has 162 valence electrons. The monoisotopic (exact) mass is 447 g/mol. The van der Waals surface area contributed by atoms with Crippen LogP contribution < -0.4 is 10.9 Å². The van der Waals surface area contributed by atoms with Crippen molar-refractivity contribution < 1.29 is 4.74 Å². The lowest BCUT2D eigenvalue weighted by Gasteiger charge is -2.36. The van der Waals surface area contributed by atoms with Crippen LogP contribution in [0.4, 0.5) is 0 Å².